The lowest BCUT2D eigenvalue weighted by Crippen LogP contribution is -2.36. The van der Waals surface area contributed by atoms with Crippen molar-refractivity contribution in [3.05, 3.63) is 0 Å². The topological polar surface area (TPSA) is 74.7 Å². The van der Waals surface area contributed by atoms with Crippen LogP contribution in [0.3, 0.4) is 0 Å². The number of amides is 2. The number of imide groups is 1. The fraction of sp³-hybridized carbons (Fsp3) is 0.667. The molecule has 0 bridgehead atoms. The van der Waals surface area contributed by atoms with Crippen LogP contribution in [0.5, 0.6) is 0 Å². The molecule has 1 rings (SSSR count). The van der Waals surface area contributed by atoms with Crippen LogP contribution < -0.4 is 0 Å². The molecule has 0 spiro atoms. The molecule has 1 N–H and O–H groups in total. The number of hydrogen-bond acceptors (Lipinski definition) is 3. The highest BCUT2D eigenvalue weighted by atomic mass is 16.4. The molecule has 0 saturated carbocycles. The van der Waals surface area contributed by atoms with Crippen molar-refractivity contribution in [2.45, 2.75) is 32.1 Å². The van der Waals surface area contributed by atoms with Crippen LogP contribution in [-0.4, -0.2) is 34.3 Å². The summed E-state index contributed by atoms with van der Waals surface area (Å²) in [4.78, 5) is 34.1. The van der Waals surface area contributed by atoms with E-state index in [1.165, 1.54) is 0 Å². The van der Waals surface area contributed by atoms with E-state index in [0.717, 1.165) is 4.90 Å². The summed E-state index contributed by atoms with van der Waals surface area (Å²) in [6, 6.07) is 0. The molecule has 1 fully saturated rings. The normalized spacial score (nSPS) is 18.1. The molecule has 1 aliphatic heterocycles. The Kier molecular flexibility index (Phi) is 3.62. The molecule has 0 aromatic carbocycles. The number of aliphatic carboxylic acids is 1. The van der Waals surface area contributed by atoms with Gasteiger partial charge >= 0.3 is 5.97 Å². The number of carbonyl (C=O) groups excluding carboxylic acids is 2. The van der Waals surface area contributed by atoms with Crippen molar-refractivity contribution in [3.63, 3.8) is 0 Å². The molecule has 0 unspecified atom stereocenters. The molecule has 78 valence electrons. The van der Waals surface area contributed by atoms with E-state index in [9.17, 15) is 14.4 Å². The van der Waals surface area contributed by atoms with Crippen LogP contribution in [0.1, 0.15) is 32.1 Å². The minimum absolute atomic E-state index is 0.00694. The van der Waals surface area contributed by atoms with Crippen molar-refractivity contribution >= 4 is 17.8 Å². The standard InChI is InChI=1S/C9H13NO4/c11-7-3-1-2-4-8(12)10(7)6-5-9(13)14/h1-6H2,(H,13,14). The molecule has 0 atom stereocenters. The minimum atomic E-state index is -0.991. The van der Waals surface area contributed by atoms with E-state index in [-0.39, 0.29) is 24.8 Å². The van der Waals surface area contributed by atoms with Crippen molar-refractivity contribution in [2.75, 3.05) is 6.54 Å². The number of rotatable bonds is 3. The van der Waals surface area contributed by atoms with Gasteiger partial charge in [0.05, 0.1) is 6.42 Å². The van der Waals surface area contributed by atoms with Crippen molar-refractivity contribution in [1.82, 2.24) is 4.90 Å². The third-order valence-electron chi connectivity index (χ3n) is 2.18. The predicted molar refractivity (Wildman–Crippen MR) is 47.4 cm³/mol. The molecule has 14 heavy (non-hydrogen) atoms. The molecule has 1 aliphatic rings. The van der Waals surface area contributed by atoms with Crippen molar-refractivity contribution in [3.8, 4) is 0 Å². The number of carbonyl (C=O) groups is 3. The Morgan fingerprint density at radius 1 is 1.21 bits per heavy atom. The molecule has 0 aliphatic carbocycles. The molecular formula is C9H13NO4. The van der Waals surface area contributed by atoms with Gasteiger partial charge in [0.15, 0.2) is 0 Å². The zero-order valence-electron chi connectivity index (χ0n) is 7.86. The van der Waals surface area contributed by atoms with E-state index in [1.54, 1.807) is 0 Å². The molecule has 0 aromatic rings. The summed E-state index contributed by atoms with van der Waals surface area (Å²) in [5, 5.41) is 8.44. The van der Waals surface area contributed by atoms with Crippen LogP contribution in [0.4, 0.5) is 0 Å². The van der Waals surface area contributed by atoms with Gasteiger partial charge in [-0.2, -0.15) is 0 Å². The highest BCUT2D eigenvalue weighted by Crippen LogP contribution is 2.12. The Bertz CT molecular complexity index is 244. The monoisotopic (exact) mass is 199 g/mol. The maximum absolute atomic E-state index is 11.3. The van der Waals surface area contributed by atoms with Gasteiger partial charge in [-0.25, -0.2) is 0 Å². The van der Waals surface area contributed by atoms with Gasteiger partial charge in [0.1, 0.15) is 0 Å². The maximum atomic E-state index is 11.3. The first kappa shape index (κ1) is 10.7. The van der Waals surface area contributed by atoms with Crippen LogP contribution in [0.2, 0.25) is 0 Å². The Hall–Kier alpha value is -1.39. The molecule has 0 aromatic heterocycles. The summed E-state index contributed by atoms with van der Waals surface area (Å²) in [5.41, 5.74) is 0. The second-order valence-electron chi connectivity index (χ2n) is 3.29. The first-order valence-corrected chi connectivity index (χ1v) is 4.66. The summed E-state index contributed by atoms with van der Waals surface area (Å²) < 4.78 is 0. The van der Waals surface area contributed by atoms with Crippen molar-refractivity contribution < 1.29 is 19.5 Å². The van der Waals surface area contributed by atoms with Gasteiger partial charge in [0.25, 0.3) is 0 Å². The van der Waals surface area contributed by atoms with E-state index >= 15 is 0 Å². The van der Waals surface area contributed by atoms with Gasteiger partial charge in [-0.3, -0.25) is 19.3 Å². The summed E-state index contributed by atoms with van der Waals surface area (Å²) in [5.74, 6) is -1.47. The largest absolute Gasteiger partial charge is 0.481 e. The number of hydrogen-bond donors (Lipinski definition) is 1. The number of nitrogens with zero attached hydrogens (tertiary/aromatic N) is 1. The Labute approximate surface area is 81.7 Å². The SMILES string of the molecule is O=C(O)CCN1C(=O)CCCCC1=O. The second kappa shape index (κ2) is 4.74. The maximum Gasteiger partial charge on any atom is 0.305 e. The lowest BCUT2D eigenvalue weighted by molar-refractivity contribution is -0.145. The zero-order valence-corrected chi connectivity index (χ0v) is 7.86. The quantitative estimate of drug-likeness (QED) is 0.667. The minimum Gasteiger partial charge on any atom is -0.481 e. The molecule has 1 heterocycles. The summed E-state index contributed by atoms with van der Waals surface area (Å²) in [6.45, 7) is 0.00694. The zero-order chi connectivity index (χ0) is 10.6. The summed E-state index contributed by atoms with van der Waals surface area (Å²) in [6.07, 6.45) is 1.97. The Morgan fingerprint density at radius 2 is 1.71 bits per heavy atom. The number of carboxylic acids is 1. The smallest absolute Gasteiger partial charge is 0.305 e. The van der Waals surface area contributed by atoms with E-state index < -0.39 is 5.97 Å². The van der Waals surface area contributed by atoms with Gasteiger partial charge in [0.2, 0.25) is 11.8 Å². The average molecular weight is 199 g/mol. The third kappa shape index (κ3) is 2.83. The highest BCUT2D eigenvalue weighted by molar-refractivity contribution is 5.96. The lowest BCUT2D eigenvalue weighted by atomic mass is 10.2. The average Bonchev–Trinajstić information content (AvgIpc) is 2.25. The Morgan fingerprint density at radius 3 is 2.14 bits per heavy atom. The first-order valence-electron chi connectivity index (χ1n) is 4.66. The Balaban J connectivity index is 2.56. The van der Waals surface area contributed by atoms with Crippen LogP contribution in [-0.2, 0) is 14.4 Å². The number of carboxylic acid groups (broad SMARTS) is 1. The van der Waals surface area contributed by atoms with Gasteiger partial charge in [-0.05, 0) is 12.8 Å². The van der Waals surface area contributed by atoms with Crippen LogP contribution >= 0.6 is 0 Å². The molecule has 5 nitrogen and oxygen atoms in total. The van der Waals surface area contributed by atoms with Gasteiger partial charge in [-0.15, -0.1) is 0 Å². The molecule has 1 saturated heterocycles. The molecule has 2 amide bonds. The lowest BCUT2D eigenvalue weighted by Gasteiger charge is -2.16. The second-order valence-corrected chi connectivity index (χ2v) is 3.29. The van der Waals surface area contributed by atoms with Gasteiger partial charge in [0, 0.05) is 19.4 Å². The summed E-state index contributed by atoms with van der Waals surface area (Å²) >= 11 is 0. The van der Waals surface area contributed by atoms with Gasteiger partial charge in [-0.1, -0.05) is 0 Å². The van der Waals surface area contributed by atoms with E-state index in [1.807, 2.05) is 0 Å². The predicted octanol–water partition coefficient (Wildman–Crippen LogP) is 0.390. The van der Waals surface area contributed by atoms with Crippen LogP contribution in [0, 0.1) is 0 Å². The molecule has 5 heteroatoms. The molecular weight excluding hydrogens is 186 g/mol. The van der Waals surface area contributed by atoms with E-state index in [2.05, 4.69) is 0 Å². The number of likely N-dealkylation sites (tertiary alicyclic amines) is 1. The highest BCUT2D eigenvalue weighted by Gasteiger charge is 2.23. The molecule has 0 radical (unpaired) electrons. The van der Waals surface area contributed by atoms with Crippen molar-refractivity contribution in [1.29, 1.82) is 0 Å². The summed E-state index contributed by atoms with van der Waals surface area (Å²) in [7, 11) is 0. The van der Waals surface area contributed by atoms with Gasteiger partial charge < -0.3 is 5.11 Å². The van der Waals surface area contributed by atoms with E-state index in [0.29, 0.717) is 25.7 Å². The fourth-order valence-corrected chi connectivity index (χ4v) is 1.42. The van der Waals surface area contributed by atoms with E-state index in [4.69, 9.17) is 5.11 Å². The fourth-order valence-electron chi connectivity index (χ4n) is 1.42. The van der Waals surface area contributed by atoms with Crippen LogP contribution in [0.25, 0.3) is 0 Å². The van der Waals surface area contributed by atoms with Crippen molar-refractivity contribution in [2.24, 2.45) is 0 Å². The first-order chi connectivity index (χ1) is 6.61. The van der Waals surface area contributed by atoms with Crippen LogP contribution in [0.15, 0.2) is 0 Å². The third-order valence-corrected chi connectivity index (χ3v) is 2.18.